The second-order valence-corrected chi connectivity index (χ2v) is 11.2. The number of imidazole rings is 1. The number of amides is 1. The highest BCUT2D eigenvalue weighted by Gasteiger charge is 2.60. The van der Waals surface area contributed by atoms with Crippen LogP contribution in [-0.2, 0) is 19.1 Å². The number of aliphatic hydroxyl groups excluding tert-OH is 1. The van der Waals surface area contributed by atoms with Crippen molar-refractivity contribution < 1.29 is 29.0 Å². The number of carbonyl (C=O) groups is 3. The number of thiazole rings is 1. The lowest BCUT2D eigenvalue weighted by molar-refractivity contribution is -0.166. The van der Waals surface area contributed by atoms with E-state index >= 15 is 0 Å². The molecule has 3 aromatic rings. The van der Waals surface area contributed by atoms with Crippen LogP contribution in [-0.4, -0.2) is 62.4 Å². The number of aryl methyl sites for hydroxylation is 2. The van der Waals surface area contributed by atoms with Crippen molar-refractivity contribution in [3.8, 4) is 0 Å². The van der Waals surface area contributed by atoms with Crippen molar-refractivity contribution in [2.75, 3.05) is 13.0 Å². The fourth-order valence-electron chi connectivity index (χ4n) is 5.25. The van der Waals surface area contributed by atoms with Crippen LogP contribution >= 0.6 is 23.1 Å². The Labute approximate surface area is 222 Å². The first kappa shape index (κ1) is 25.5. The Bertz CT molecular complexity index is 1460. The van der Waals surface area contributed by atoms with Crippen LogP contribution in [0.5, 0.6) is 0 Å². The summed E-state index contributed by atoms with van der Waals surface area (Å²) in [7, 11) is 0. The molecule has 1 fully saturated rings. The van der Waals surface area contributed by atoms with Gasteiger partial charge in [-0.05, 0) is 38.7 Å². The summed E-state index contributed by atoms with van der Waals surface area (Å²) < 4.78 is 12.5. The number of aliphatic hydroxyl groups is 1. The van der Waals surface area contributed by atoms with Crippen LogP contribution in [0.25, 0.3) is 10.4 Å². The van der Waals surface area contributed by atoms with Gasteiger partial charge < -0.3 is 19.5 Å². The zero-order valence-electron chi connectivity index (χ0n) is 21.0. The highest BCUT2D eigenvalue weighted by molar-refractivity contribution is 7.98. The normalized spacial score (nSPS) is 21.7. The Hall–Kier alpha value is -3.15. The van der Waals surface area contributed by atoms with Gasteiger partial charge in [0.2, 0.25) is 12.7 Å². The second-order valence-electron chi connectivity index (χ2n) is 9.38. The largest absolute Gasteiger partial charge is 0.424 e. The van der Waals surface area contributed by atoms with E-state index in [1.54, 1.807) is 19.3 Å². The molecule has 0 radical (unpaired) electrons. The molecule has 9 nitrogen and oxygen atoms in total. The first-order chi connectivity index (χ1) is 17.6. The molecule has 2 aliphatic rings. The van der Waals surface area contributed by atoms with Crippen molar-refractivity contribution >= 4 is 51.3 Å². The van der Waals surface area contributed by atoms with Gasteiger partial charge in [0.1, 0.15) is 21.9 Å². The number of hydrogen-bond acceptors (Lipinski definition) is 9. The minimum Gasteiger partial charge on any atom is -0.424 e. The van der Waals surface area contributed by atoms with Crippen LogP contribution in [0.3, 0.4) is 0 Å². The number of benzene rings is 1. The van der Waals surface area contributed by atoms with Gasteiger partial charge >= 0.3 is 11.9 Å². The molecule has 4 atom stereocenters. The summed E-state index contributed by atoms with van der Waals surface area (Å²) >= 11 is 3.00. The van der Waals surface area contributed by atoms with E-state index in [0.29, 0.717) is 11.1 Å². The van der Waals surface area contributed by atoms with Crippen LogP contribution in [0.15, 0.2) is 41.4 Å². The molecule has 1 amide bonds. The molecule has 4 heterocycles. The summed E-state index contributed by atoms with van der Waals surface area (Å²) in [6.45, 7) is 6.67. The van der Waals surface area contributed by atoms with Crippen LogP contribution in [0.4, 0.5) is 0 Å². The van der Waals surface area contributed by atoms with E-state index in [-0.39, 0.29) is 23.6 Å². The number of fused-ring (bicyclic) bond motifs is 2. The first-order valence-corrected chi connectivity index (χ1v) is 13.9. The van der Waals surface area contributed by atoms with Crippen molar-refractivity contribution in [2.24, 2.45) is 11.8 Å². The number of nitrogens with zero attached hydrogens (tertiary/aromatic N) is 3. The van der Waals surface area contributed by atoms with Crippen molar-refractivity contribution in [1.82, 2.24) is 14.3 Å². The standard InChI is InChI=1S/C26H27N3O6S2/c1-12-6-7-16(13(2)8-12)25(32)34-11-35-26(33)21-18(14(3)20-19(15(4)30)23(31)29(20)21)17-9-28-10-27-22(36-5)24(28)37-17/h6-10,14-15,19-20,30H,11H2,1-5H3/t14-,15+,19+,20+/m0/s1. The average molecular weight is 542 g/mol. The predicted molar refractivity (Wildman–Crippen MR) is 139 cm³/mol. The second kappa shape index (κ2) is 9.62. The number of hydrogen-bond donors (Lipinski definition) is 1. The Morgan fingerprint density at radius 3 is 2.65 bits per heavy atom. The summed E-state index contributed by atoms with van der Waals surface area (Å²) in [4.78, 5) is 46.4. The highest BCUT2D eigenvalue weighted by Crippen LogP contribution is 2.52. The minimum absolute atomic E-state index is 0.130. The number of aromatic nitrogens is 2. The molecule has 0 saturated carbocycles. The van der Waals surface area contributed by atoms with Gasteiger partial charge in [-0.15, -0.1) is 23.1 Å². The zero-order chi connectivity index (χ0) is 26.6. The van der Waals surface area contributed by atoms with Gasteiger partial charge in [-0.3, -0.25) is 9.20 Å². The van der Waals surface area contributed by atoms with E-state index in [2.05, 4.69) is 4.98 Å². The lowest BCUT2D eigenvalue weighted by Gasteiger charge is -2.46. The summed E-state index contributed by atoms with van der Waals surface area (Å²) in [6.07, 6.45) is 4.70. The van der Waals surface area contributed by atoms with Crippen molar-refractivity contribution in [2.45, 2.75) is 44.9 Å². The van der Waals surface area contributed by atoms with Crippen LogP contribution < -0.4 is 0 Å². The number of rotatable bonds is 7. The minimum atomic E-state index is -0.849. The number of thioether (sulfide) groups is 1. The molecule has 0 aliphatic carbocycles. The number of β-lactam (4-membered cyclic amide) rings is 1. The Kier molecular flexibility index (Phi) is 6.63. The first-order valence-electron chi connectivity index (χ1n) is 11.8. The van der Waals surface area contributed by atoms with E-state index in [9.17, 15) is 19.5 Å². The molecule has 0 bridgehead atoms. The maximum absolute atomic E-state index is 13.3. The van der Waals surface area contributed by atoms with Crippen LogP contribution in [0, 0.1) is 25.7 Å². The van der Waals surface area contributed by atoms with Crippen LogP contribution in [0.2, 0.25) is 0 Å². The fraction of sp³-hybridized carbons (Fsp3) is 0.385. The Balaban J connectivity index is 1.42. The fourth-order valence-corrected chi connectivity index (χ4v) is 7.17. The van der Waals surface area contributed by atoms with Gasteiger partial charge in [0.25, 0.3) is 0 Å². The van der Waals surface area contributed by atoms with Crippen molar-refractivity contribution in [3.05, 3.63) is 58.0 Å². The van der Waals surface area contributed by atoms with Gasteiger partial charge in [-0.25, -0.2) is 14.6 Å². The van der Waals surface area contributed by atoms with E-state index in [1.165, 1.54) is 28.0 Å². The van der Waals surface area contributed by atoms with Gasteiger partial charge in [-0.2, -0.15) is 0 Å². The molecule has 1 N–H and O–H groups in total. The SMILES string of the molecule is CSc1ncn2cc(C3=C(C(=O)OCOC(=O)c4ccc(C)cc4C)N4C(=O)[C@H]([C@@H](C)O)[C@H]4[C@H]3C)sc12. The monoisotopic (exact) mass is 541 g/mol. The summed E-state index contributed by atoms with van der Waals surface area (Å²) in [5, 5.41) is 11.1. The maximum Gasteiger partial charge on any atom is 0.358 e. The maximum atomic E-state index is 13.3. The molecule has 2 aliphatic heterocycles. The lowest BCUT2D eigenvalue weighted by atomic mass is 9.77. The van der Waals surface area contributed by atoms with Gasteiger partial charge in [0.15, 0.2) is 0 Å². The molecule has 1 aromatic carbocycles. The third-order valence-corrected chi connectivity index (χ3v) is 8.94. The Morgan fingerprint density at radius 2 is 1.97 bits per heavy atom. The van der Waals surface area contributed by atoms with E-state index in [0.717, 1.165) is 25.9 Å². The molecular weight excluding hydrogens is 514 g/mol. The molecule has 2 aromatic heterocycles. The zero-order valence-corrected chi connectivity index (χ0v) is 22.7. The number of carbonyl (C=O) groups excluding carboxylic acids is 3. The molecular formula is C26H27N3O6S2. The molecule has 0 unspecified atom stereocenters. The van der Waals surface area contributed by atoms with Crippen molar-refractivity contribution in [3.63, 3.8) is 0 Å². The molecule has 194 valence electrons. The highest BCUT2D eigenvalue weighted by atomic mass is 32.2. The topological polar surface area (TPSA) is 110 Å². The average Bonchev–Trinajstić information content (AvgIpc) is 3.48. The third-order valence-electron chi connectivity index (χ3n) is 6.99. The quantitative estimate of drug-likeness (QED) is 0.209. The van der Waals surface area contributed by atoms with Gasteiger partial charge in [0.05, 0.1) is 28.5 Å². The number of esters is 2. The summed E-state index contributed by atoms with van der Waals surface area (Å²) in [6, 6.07) is 4.99. The molecule has 1 saturated heterocycles. The predicted octanol–water partition coefficient (Wildman–Crippen LogP) is 3.66. The smallest absolute Gasteiger partial charge is 0.358 e. The van der Waals surface area contributed by atoms with Crippen molar-refractivity contribution in [1.29, 1.82) is 0 Å². The summed E-state index contributed by atoms with van der Waals surface area (Å²) in [5.41, 5.74) is 2.97. The lowest BCUT2D eigenvalue weighted by Crippen LogP contribution is -2.63. The van der Waals surface area contributed by atoms with Gasteiger partial charge in [-0.1, -0.05) is 24.6 Å². The number of ether oxygens (including phenoxy) is 2. The van der Waals surface area contributed by atoms with E-state index in [1.807, 2.05) is 49.8 Å². The molecule has 5 rings (SSSR count). The summed E-state index contributed by atoms with van der Waals surface area (Å²) in [5.74, 6) is -2.50. The van der Waals surface area contributed by atoms with E-state index < -0.39 is 30.8 Å². The molecule has 37 heavy (non-hydrogen) atoms. The Morgan fingerprint density at radius 1 is 1.24 bits per heavy atom. The third kappa shape index (κ3) is 4.14. The van der Waals surface area contributed by atoms with E-state index in [4.69, 9.17) is 9.47 Å². The molecule has 0 spiro atoms. The van der Waals surface area contributed by atoms with Crippen LogP contribution in [0.1, 0.15) is 40.2 Å². The van der Waals surface area contributed by atoms with Gasteiger partial charge in [0, 0.05) is 17.7 Å². The molecule has 11 heteroatoms.